The van der Waals surface area contributed by atoms with Crippen LogP contribution in [0.1, 0.15) is 44.3 Å². The van der Waals surface area contributed by atoms with E-state index >= 15 is 0 Å². The van der Waals surface area contributed by atoms with Gasteiger partial charge in [-0.2, -0.15) is 0 Å². The summed E-state index contributed by atoms with van der Waals surface area (Å²) < 4.78 is 5.02. The van der Waals surface area contributed by atoms with Gasteiger partial charge in [-0.3, -0.25) is 0 Å². The minimum atomic E-state index is -0.374. The summed E-state index contributed by atoms with van der Waals surface area (Å²) >= 11 is 0. The number of hydrogen-bond acceptors (Lipinski definition) is 3. The Balaban J connectivity index is 2.00. The smallest absolute Gasteiger partial charge is 0.212 e. The molecule has 0 bridgehead atoms. The lowest BCUT2D eigenvalue weighted by atomic mass is 9.79. The van der Waals surface area contributed by atoms with E-state index in [1.807, 2.05) is 12.1 Å². The largest absolute Gasteiger partial charge is 0.481 e. The molecule has 1 aliphatic carbocycles. The summed E-state index contributed by atoms with van der Waals surface area (Å²) in [5.41, 5.74) is 0.908. The molecule has 1 aromatic rings. The lowest BCUT2D eigenvalue weighted by Crippen LogP contribution is -2.19. The zero-order valence-electron chi connectivity index (χ0n) is 10.6. The van der Waals surface area contributed by atoms with Crippen LogP contribution in [0.5, 0.6) is 5.88 Å². The van der Waals surface area contributed by atoms with Crippen molar-refractivity contribution in [3.8, 4) is 5.88 Å². The highest BCUT2D eigenvalue weighted by Gasteiger charge is 2.25. The average Bonchev–Trinajstić information content (AvgIpc) is 2.39. The van der Waals surface area contributed by atoms with Gasteiger partial charge in [0.15, 0.2) is 0 Å². The third-order valence-electron chi connectivity index (χ3n) is 3.82. The maximum Gasteiger partial charge on any atom is 0.212 e. The number of hydrogen-bond donors (Lipinski definition) is 1. The van der Waals surface area contributed by atoms with Gasteiger partial charge < -0.3 is 9.84 Å². The molecule has 2 rings (SSSR count). The molecule has 1 aromatic heterocycles. The van der Waals surface area contributed by atoms with E-state index in [9.17, 15) is 5.11 Å². The number of aromatic nitrogens is 1. The third kappa shape index (κ3) is 2.97. The first-order valence-corrected chi connectivity index (χ1v) is 6.38. The van der Waals surface area contributed by atoms with Crippen LogP contribution in [-0.2, 0) is 0 Å². The van der Waals surface area contributed by atoms with Crippen molar-refractivity contribution in [2.45, 2.75) is 38.7 Å². The molecule has 94 valence electrons. The lowest BCUT2D eigenvalue weighted by molar-refractivity contribution is 0.0752. The average molecular weight is 235 g/mol. The fourth-order valence-corrected chi connectivity index (χ4v) is 2.56. The summed E-state index contributed by atoms with van der Waals surface area (Å²) in [5, 5.41) is 10.3. The van der Waals surface area contributed by atoms with E-state index < -0.39 is 0 Å². The van der Waals surface area contributed by atoms with Gasteiger partial charge in [0.05, 0.1) is 13.2 Å². The molecule has 1 heterocycles. The Morgan fingerprint density at radius 2 is 2.00 bits per heavy atom. The topological polar surface area (TPSA) is 42.4 Å². The molecule has 0 radical (unpaired) electrons. The molecule has 1 N–H and O–H groups in total. The van der Waals surface area contributed by atoms with Crippen LogP contribution in [0, 0.1) is 11.8 Å². The Bertz CT molecular complexity index is 342. The van der Waals surface area contributed by atoms with Crippen LogP contribution in [0.25, 0.3) is 0 Å². The molecule has 0 saturated heterocycles. The molecule has 3 nitrogen and oxygen atoms in total. The van der Waals surface area contributed by atoms with Crippen molar-refractivity contribution in [2.75, 3.05) is 7.11 Å². The highest BCUT2D eigenvalue weighted by Crippen LogP contribution is 2.36. The number of pyridine rings is 1. The number of methoxy groups -OCH3 is 1. The Morgan fingerprint density at radius 1 is 1.29 bits per heavy atom. The van der Waals surface area contributed by atoms with E-state index in [1.54, 1.807) is 13.3 Å². The molecular weight excluding hydrogens is 214 g/mol. The van der Waals surface area contributed by atoms with Crippen LogP contribution in [0.15, 0.2) is 18.3 Å². The zero-order chi connectivity index (χ0) is 12.3. The van der Waals surface area contributed by atoms with Crippen LogP contribution in [0.4, 0.5) is 0 Å². The number of nitrogens with zero attached hydrogens (tertiary/aromatic N) is 1. The van der Waals surface area contributed by atoms with Crippen LogP contribution >= 0.6 is 0 Å². The van der Waals surface area contributed by atoms with Crippen LogP contribution in [0.3, 0.4) is 0 Å². The molecule has 1 unspecified atom stereocenters. The first-order chi connectivity index (χ1) is 8.20. The Morgan fingerprint density at radius 3 is 2.53 bits per heavy atom. The molecular formula is C14H21NO2. The SMILES string of the molecule is COc1ccc(C(O)C2CCC(C)CC2)cn1. The van der Waals surface area contributed by atoms with Gasteiger partial charge in [0.1, 0.15) is 0 Å². The molecule has 3 heteroatoms. The summed E-state index contributed by atoms with van der Waals surface area (Å²) in [6.45, 7) is 2.29. The fourth-order valence-electron chi connectivity index (χ4n) is 2.56. The predicted molar refractivity (Wildman–Crippen MR) is 66.9 cm³/mol. The van der Waals surface area contributed by atoms with E-state index in [1.165, 1.54) is 12.8 Å². The normalized spacial score (nSPS) is 26.5. The molecule has 0 amide bonds. The molecule has 17 heavy (non-hydrogen) atoms. The Labute approximate surface area is 103 Å². The van der Waals surface area contributed by atoms with E-state index in [-0.39, 0.29) is 6.10 Å². The zero-order valence-corrected chi connectivity index (χ0v) is 10.6. The third-order valence-corrected chi connectivity index (χ3v) is 3.82. The second-order valence-corrected chi connectivity index (χ2v) is 5.10. The van der Waals surface area contributed by atoms with E-state index in [2.05, 4.69) is 11.9 Å². The maximum absolute atomic E-state index is 10.3. The molecule has 1 saturated carbocycles. The molecule has 0 aliphatic heterocycles. The predicted octanol–water partition coefficient (Wildman–Crippen LogP) is 2.95. The van der Waals surface area contributed by atoms with Gasteiger partial charge in [-0.05, 0) is 36.3 Å². The molecule has 0 aromatic carbocycles. The maximum atomic E-state index is 10.3. The summed E-state index contributed by atoms with van der Waals surface area (Å²) in [5.74, 6) is 1.80. The Kier molecular flexibility index (Phi) is 4.00. The molecule has 0 spiro atoms. The van der Waals surface area contributed by atoms with Crippen molar-refractivity contribution in [3.05, 3.63) is 23.9 Å². The number of aliphatic hydroxyl groups is 1. The standard InChI is InChI=1S/C14H21NO2/c1-10-3-5-11(6-4-10)14(16)12-7-8-13(17-2)15-9-12/h7-11,14,16H,3-6H2,1-2H3. The first-order valence-electron chi connectivity index (χ1n) is 6.38. The van der Waals surface area contributed by atoms with Gasteiger partial charge in [-0.15, -0.1) is 0 Å². The van der Waals surface area contributed by atoms with Crippen LogP contribution < -0.4 is 4.74 Å². The van der Waals surface area contributed by atoms with Crippen LogP contribution in [0.2, 0.25) is 0 Å². The summed E-state index contributed by atoms with van der Waals surface area (Å²) in [6, 6.07) is 3.72. The number of ether oxygens (including phenoxy) is 1. The summed E-state index contributed by atoms with van der Waals surface area (Å²) in [4.78, 5) is 4.15. The van der Waals surface area contributed by atoms with Gasteiger partial charge in [-0.1, -0.05) is 19.8 Å². The summed E-state index contributed by atoms with van der Waals surface area (Å²) in [7, 11) is 1.60. The van der Waals surface area contributed by atoms with Crippen molar-refractivity contribution in [3.63, 3.8) is 0 Å². The van der Waals surface area contributed by atoms with Gasteiger partial charge in [0, 0.05) is 12.3 Å². The first kappa shape index (κ1) is 12.4. The summed E-state index contributed by atoms with van der Waals surface area (Å²) in [6.07, 6.45) is 6.04. The monoisotopic (exact) mass is 235 g/mol. The van der Waals surface area contributed by atoms with E-state index in [0.717, 1.165) is 24.3 Å². The second kappa shape index (κ2) is 5.50. The van der Waals surface area contributed by atoms with Crippen LogP contribution in [-0.4, -0.2) is 17.2 Å². The van der Waals surface area contributed by atoms with Crippen molar-refractivity contribution in [1.82, 2.24) is 4.98 Å². The van der Waals surface area contributed by atoms with Gasteiger partial charge in [0.2, 0.25) is 5.88 Å². The quantitative estimate of drug-likeness (QED) is 0.875. The lowest BCUT2D eigenvalue weighted by Gasteiger charge is -2.29. The molecule has 1 aliphatic rings. The van der Waals surface area contributed by atoms with E-state index in [0.29, 0.717) is 11.8 Å². The van der Waals surface area contributed by atoms with Gasteiger partial charge in [-0.25, -0.2) is 4.98 Å². The highest BCUT2D eigenvalue weighted by molar-refractivity contribution is 5.20. The van der Waals surface area contributed by atoms with Gasteiger partial charge >= 0.3 is 0 Å². The van der Waals surface area contributed by atoms with Crippen molar-refractivity contribution >= 4 is 0 Å². The number of rotatable bonds is 3. The fraction of sp³-hybridized carbons (Fsp3) is 0.643. The minimum absolute atomic E-state index is 0.374. The number of aliphatic hydroxyl groups excluding tert-OH is 1. The second-order valence-electron chi connectivity index (χ2n) is 5.10. The Hall–Kier alpha value is -1.09. The molecule has 1 fully saturated rings. The highest BCUT2D eigenvalue weighted by atomic mass is 16.5. The molecule has 1 atom stereocenters. The van der Waals surface area contributed by atoms with Gasteiger partial charge in [0.25, 0.3) is 0 Å². The minimum Gasteiger partial charge on any atom is -0.481 e. The van der Waals surface area contributed by atoms with Crippen molar-refractivity contribution < 1.29 is 9.84 Å². The van der Waals surface area contributed by atoms with E-state index in [4.69, 9.17) is 4.74 Å². The van der Waals surface area contributed by atoms with Crippen molar-refractivity contribution in [2.24, 2.45) is 11.8 Å². The van der Waals surface area contributed by atoms with Crippen molar-refractivity contribution in [1.29, 1.82) is 0 Å².